The van der Waals surface area contributed by atoms with E-state index in [9.17, 15) is 4.79 Å². The van der Waals surface area contributed by atoms with Crippen molar-refractivity contribution < 1.29 is 9.53 Å². The number of hydrogen-bond acceptors (Lipinski definition) is 3. The van der Waals surface area contributed by atoms with Crippen LogP contribution >= 0.6 is 0 Å². The molecule has 25 heavy (non-hydrogen) atoms. The van der Waals surface area contributed by atoms with Crippen molar-refractivity contribution in [2.75, 3.05) is 20.1 Å². The predicted molar refractivity (Wildman–Crippen MR) is 101 cm³/mol. The molecule has 0 radical (unpaired) electrons. The molecule has 1 aliphatic carbocycles. The first kappa shape index (κ1) is 19.1. The monoisotopic (exact) mass is 346 g/mol. The van der Waals surface area contributed by atoms with Crippen LogP contribution in [0.4, 0.5) is 0 Å². The molecule has 0 aliphatic heterocycles. The minimum atomic E-state index is 0.0182. The molecule has 0 bridgehead atoms. The van der Waals surface area contributed by atoms with Crippen molar-refractivity contribution in [3.05, 3.63) is 29.8 Å². The number of nitrogens with one attached hydrogen (secondary N) is 3. The summed E-state index contributed by atoms with van der Waals surface area (Å²) in [7, 11) is 1.74. The van der Waals surface area contributed by atoms with Crippen molar-refractivity contribution in [2.24, 2.45) is 4.99 Å². The van der Waals surface area contributed by atoms with E-state index in [2.05, 4.69) is 20.9 Å². The fourth-order valence-electron chi connectivity index (χ4n) is 2.41. The summed E-state index contributed by atoms with van der Waals surface area (Å²) in [5.74, 6) is 1.74. The summed E-state index contributed by atoms with van der Waals surface area (Å²) in [6, 6.07) is 8.46. The normalized spacial score (nSPS) is 15.4. The summed E-state index contributed by atoms with van der Waals surface area (Å²) in [5, 5.41) is 9.47. The maximum absolute atomic E-state index is 11.6. The van der Waals surface area contributed by atoms with Crippen molar-refractivity contribution in [1.29, 1.82) is 0 Å². The van der Waals surface area contributed by atoms with Gasteiger partial charge in [-0.15, -0.1) is 0 Å². The largest absolute Gasteiger partial charge is 0.489 e. The lowest BCUT2D eigenvalue weighted by Gasteiger charge is -2.18. The Balaban J connectivity index is 1.59. The number of ether oxygens (including phenoxy) is 1. The molecule has 1 unspecified atom stereocenters. The van der Waals surface area contributed by atoms with Gasteiger partial charge in [0, 0.05) is 26.1 Å². The zero-order chi connectivity index (χ0) is 18.1. The molecule has 6 nitrogen and oxygen atoms in total. The third kappa shape index (κ3) is 7.92. The number of hydrogen-bond donors (Lipinski definition) is 3. The van der Waals surface area contributed by atoms with Gasteiger partial charge in [0.05, 0.1) is 6.54 Å². The topological polar surface area (TPSA) is 74.8 Å². The number of benzene rings is 1. The summed E-state index contributed by atoms with van der Waals surface area (Å²) in [6.07, 6.45) is 3.61. The third-order valence-electron chi connectivity index (χ3n) is 3.92. The first-order valence-corrected chi connectivity index (χ1v) is 9.04. The van der Waals surface area contributed by atoms with Gasteiger partial charge in [0.15, 0.2) is 5.96 Å². The molecule has 0 saturated heterocycles. The van der Waals surface area contributed by atoms with Crippen LogP contribution in [-0.4, -0.2) is 44.1 Å². The fourth-order valence-corrected chi connectivity index (χ4v) is 2.41. The van der Waals surface area contributed by atoms with E-state index in [1.165, 1.54) is 5.56 Å². The molecule has 0 spiro atoms. The zero-order valence-corrected chi connectivity index (χ0v) is 15.5. The molecule has 138 valence electrons. The minimum absolute atomic E-state index is 0.0182. The van der Waals surface area contributed by atoms with Crippen LogP contribution in [0.15, 0.2) is 29.3 Å². The van der Waals surface area contributed by atoms with Gasteiger partial charge in [-0.05, 0) is 50.8 Å². The summed E-state index contributed by atoms with van der Waals surface area (Å²) in [4.78, 5) is 15.8. The Morgan fingerprint density at radius 2 is 2.16 bits per heavy atom. The van der Waals surface area contributed by atoms with Crippen molar-refractivity contribution >= 4 is 11.9 Å². The number of aryl methyl sites for hydroxylation is 1. The number of amides is 1. The SMILES string of the molecule is CN=C(NCCCC(=O)NC1CC1)NCC(C)Oc1cccc(C)c1. The molecular weight excluding hydrogens is 316 g/mol. The Morgan fingerprint density at radius 1 is 1.36 bits per heavy atom. The predicted octanol–water partition coefficient (Wildman–Crippen LogP) is 1.99. The van der Waals surface area contributed by atoms with Crippen LogP contribution in [0.5, 0.6) is 5.75 Å². The standard InChI is InChI=1S/C19H30N4O2/c1-14-6-4-7-17(12-14)25-15(2)13-22-19(20-3)21-11-5-8-18(24)23-16-9-10-16/h4,6-7,12,15-16H,5,8-11,13H2,1-3H3,(H,23,24)(H2,20,21,22). The van der Waals surface area contributed by atoms with Crippen molar-refractivity contribution in [1.82, 2.24) is 16.0 Å². The average molecular weight is 346 g/mol. The molecule has 2 rings (SSSR count). The lowest BCUT2D eigenvalue weighted by Crippen LogP contribution is -2.42. The number of guanidine groups is 1. The van der Waals surface area contributed by atoms with Crippen LogP contribution in [-0.2, 0) is 4.79 Å². The molecule has 0 heterocycles. The van der Waals surface area contributed by atoms with Crippen molar-refractivity contribution in [3.8, 4) is 5.75 Å². The second-order valence-electron chi connectivity index (χ2n) is 6.57. The van der Waals surface area contributed by atoms with Crippen LogP contribution in [0.2, 0.25) is 0 Å². The van der Waals surface area contributed by atoms with Gasteiger partial charge in [0.2, 0.25) is 5.91 Å². The number of nitrogens with zero attached hydrogens (tertiary/aromatic N) is 1. The lowest BCUT2D eigenvalue weighted by molar-refractivity contribution is -0.121. The van der Waals surface area contributed by atoms with Gasteiger partial charge in [0.25, 0.3) is 0 Å². The van der Waals surface area contributed by atoms with Gasteiger partial charge in [-0.3, -0.25) is 9.79 Å². The van der Waals surface area contributed by atoms with Crippen molar-refractivity contribution in [3.63, 3.8) is 0 Å². The highest BCUT2D eigenvalue weighted by Gasteiger charge is 2.22. The van der Waals surface area contributed by atoms with E-state index in [4.69, 9.17) is 4.74 Å². The summed E-state index contributed by atoms with van der Waals surface area (Å²) >= 11 is 0. The first-order valence-electron chi connectivity index (χ1n) is 9.04. The minimum Gasteiger partial charge on any atom is -0.489 e. The average Bonchev–Trinajstić information content (AvgIpc) is 3.38. The number of aliphatic imine (C=N–C) groups is 1. The Morgan fingerprint density at radius 3 is 2.84 bits per heavy atom. The third-order valence-corrected chi connectivity index (χ3v) is 3.92. The molecule has 1 atom stereocenters. The molecule has 1 amide bonds. The van der Waals surface area contributed by atoms with Gasteiger partial charge >= 0.3 is 0 Å². The summed E-state index contributed by atoms with van der Waals surface area (Å²) in [6.45, 7) is 5.43. The fraction of sp³-hybridized carbons (Fsp3) is 0.579. The summed E-state index contributed by atoms with van der Waals surface area (Å²) < 4.78 is 5.89. The molecule has 6 heteroatoms. The van der Waals surface area contributed by atoms with Crippen LogP contribution in [0.1, 0.15) is 38.2 Å². The van der Waals surface area contributed by atoms with Gasteiger partial charge in [-0.25, -0.2) is 0 Å². The Bertz CT molecular complexity index is 585. The van der Waals surface area contributed by atoms with Gasteiger partial charge < -0.3 is 20.7 Å². The van der Waals surface area contributed by atoms with E-state index in [1.54, 1.807) is 7.05 Å². The second-order valence-corrected chi connectivity index (χ2v) is 6.57. The number of carbonyl (C=O) groups is 1. The van der Waals surface area contributed by atoms with E-state index < -0.39 is 0 Å². The zero-order valence-electron chi connectivity index (χ0n) is 15.5. The number of carbonyl (C=O) groups excluding carboxylic acids is 1. The smallest absolute Gasteiger partial charge is 0.220 e. The molecular formula is C19H30N4O2. The van der Waals surface area contributed by atoms with Crippen LogP contribution in [0.3, 0.4) is 0 Å². The van der Waals surface area contributed by atoms with Gasteiger partial charge in [-0.2, -0.15) is 0 Å². The second kappa shape index (κ2) is 9.91. The van der Waals surface area contributed by atoms with Crippen LogP contribution in [0, 0.1) is 6.92 Å². The molecule has 1 aromatic rings. The molecule has 3 N–H and O–H groups in total. The van der Waals surface area contributed by atoms with E-state index in [0.717, 1.165) is 31.0 Å². The molecule has 1 saturated carbocycles. The Kier molecular flexibility index (Phi) is 7.57. The van der Waals surface area contributed by atoms with Crippen LogP contribution in [0.25, 0.3) is 0 Å². The molecule has 1 aliphatic rings. The maximum Gasteiger partial charge on any atom is 0.220 e. The van der Waals surface area contributed by atoms with E-state index >= 15 is 0 Å². The Labute approximate surface area is 150 Å². The van der Waals surface area contributed by atoms with Crippen LogP contribution < -0.4 is 20.7 Å². The van der Waals surface area contributed by atoms with Gasteiger partial charge in [-0.1, -0.05) is 12.1 Å². The molecule has 1 fully saturated rings. The highest BCUT2D eigenvalue weighted by molar-refractivity contribution is 5.80. The maximum atomic E-state index is 11.6. The molecule has 1 aromatic carbocycles. The lowest BCUT2D eigenvalue weighted by atomic mass is 10.2. The highest BCUT2D eigenvalue weighted by atomic mass is 16.5. The van der Waals surface area contributed by atoms with Crippen molar-refractivity contribution in [2.45, 2.75) is 51.7 Å². The van der Waals surface area contributed by atoms with E-state index in [1.807, 2.05) is 38.1 Å². The summed E-state index contributed by atoms with van der Waals surface area (Å²) in [5.41, 5.74) is 1.18. The molecule has 0 aromatic heterocycles. The van der Waals surface area contributed by atoms with E-state index in [0.29, 0.717) is 25.6 Å². The number of rotatable bonds is 9. The van der Waals surface area contributed by atoms with E-state index in [-0.39, 0.29) is 12.0 Å². The van der Waals surface area contributed by atoms with Gasteiger partial charge in [0.1, 0.15) is 11.9 Å². The first-order chi connectivity index (χ1) is 12.1. The highest BCUT2D eigenvalue weighted by Crippen LogP contribution is 2.18. The quantitative estimate of drug-likeness (QED) is 0.363. The Hall–Kier alpha value is -2.24.